The molecule has 0 bridgehead atoms. The molecule has 0 aliphatic heterocycles. The van der Waals surface area contributed by atoms with Crippen LogP contribution in [0.2, 0.25) is 0 Å². The molecule has 0 aliphatic carbocycles. The van der Waals surface area contributed by atoms with Gasteiger partial charge in [0.1, 0.15) is 0 Å². The summed E-state index contributed by atoms with van der Waals surface area (Å²) in [5.41, 5.74) is 0.780. The third kappa shape index (κ3) is 1.75. The van der Waals surface area contributed by atoms with Gasteiger partial charge in [0.2, 0.25) is 5.43 Å². The lowest BCUT2D eigenvalue weighted by atomic mass is 10.2. The molecule has 0 amide bonds. The molecule has 2 rings (SSSR count). The Balaban J connectivity index is 2.62. The lowest BCUT2D eigenvalue weighted by molar-refractivity contribution is 0.639. The molecule has 0 radical (unpaired) electrons. The van der Waals surface area contributed by atoms with E-state index in [0.29, 0.717) is 18.4 Å². The number of fused-ring (bicyclic) bond motifs is 1. The first-order valence-corrected chi connectivity index (χ1v) is 4.71. The Morgan fingerprint density at radius 1 is 1.40 bits per heavy atom. The highest BCUT2D eigenvalue weighted by atomic mass is 16.1. The van der Waals surface area contributed by atoms with Gasteiger partial charge in [-0.05, 0) is 12.1 Å². The Kier molecular flexibility index (Phi) is 2.51. The van der Waals surface area contributed by atoms with Crippen molar-refractivity contribution in [2.24, 2.45) is 0 Å². The molecule has 0 N–H and O–H groups in total. The number of aryl methyl sites for hydroxylation is 1. The van der Waals surface area contributed by atoms with Crippen LogP contribution >= 0.6 is 0 Å². The van der Waals surface area contributed by atoms with Crippen molar-refractivity contribution in [2.45, 2.75) is 13.0 Å². The number of nitrogens with zero attached hydrogens (tertiary/aromatic N) is 2. The van der Waals surface area contributed by atoms with E-state index in [1.165, 1.54) is 6.20 Å². The van der Waals surface area contributed by atoms with E-state index in [-0.39, 0.29) is 5.43 Å². The van der Waals surface area contributed by atoms with Crippen LogP contribution in [0.25, 0.3) is 10.9 Å². The average molecular weight is 198 g/mol. The van der Waals surface area contributed by atoms with E-state index in [9.17, 15) is 4.79 Å². The summed E-state index contributed by atoms with van der Waals surface area (Å²) in [7, 11) is 0. The van der Waals surface area contributed by atoms with E-state index in [1.54, 1.807) is 10.7 Å². The second-order valence-electron chi connectivity index (χ2n) is 3.20. The van der Waals surface area contributed by atoms with Gasteiger partial charge in [-0.25, -0.2) is 0 Å². The summed E-state index contributed by atoms with van der Waals surface area (Å²) in [6.45, 7) is 0.636. The molecular formula is C12H10N2O. The van der Waals surface area contributed by atoms with Crippen LogP contribution in [0.5, 0.6) is 0 Å². The predicted octanol–water partition coefficient (Wildman–Crippen LogP) is 1.42. The molecule has 0 unspecified atom stereocenters. The fourth-order valence-electron chi connectivity index (χ4n) is 1.51. The Hall–Kier alpha value is -2.08. The quantitative estimate of drug-likeness (QED) is 0.684. The van der Waals surface area contributed by atoms with Crippen molar-refractivity contribution in [2.75, 3.05) is 0 Å². The molecule has 0 saturated carbocycles. The summed E-state index contributed by atoms with van der Waals surface area (Å²) in [5, 5.41) is 4.74. The lowest BCUT2D eigenvalue weighted by Gasteiger charge is -2.06. The third-order valence-electron chi connectivity index (χ3n) is 2.23. The fourth-order valence-corrected chi connectivity index (χ4v) is 1.51. The highest BCUT2D eigenvalue weighted by Crippen LogP contribution is 2.07. The molecule has 15 heavy (non-hydrogen) atoms. The smallest absolute Gasteiger partial charge is 0.207 e. The van der Waals surface area contributed by atoms with Crippen LogP contribution in [0.3, 0.4) is 0 Å². The molecule has 0 spiro atoms. The first kappa shape index (κ1) is 9.47. The van der Waals surface area contributed by atoms with E-state index in [4.69, 9.17) is 6.42 Å². The molecular weight excluding hydrogens is 188 g/mol. The van der Waals surface area contributed by atoms with Crippen molar-refractivity contribution < 1.29 is 0 Å². The number of hydrogen-bond donors (Lipinski definition) is 0. The zero-order valence-electron chi connectivity index (χ0n) is 8.18. The molecule has 3 heteroatoms. The molecule has 74 valence electrons. The lowest BCUT2D eigenvalue weighted by Crippen LogP contribution is -2.11. The van der Waals surface area contributed by atoms with Gasteiger partial charge in [0.15, 0.2) is 0 Å². The van der Waals surface area contributed by atoms with E-state index < -0.39 is 0 Å². The van der Waals surface area contributed by atoms with Gasteiger partial charge in [-0.1, -0.05) is 12.1 Å². The van der Waals surface area contributed by atoms with Crippen molar-refractivity contribution in [3.63, 3.8) is 0 Å². The second-order valence-corrected chi connectivity index (χ2v) is 3.20. The topological polar surface area (TPSA) is 34.9 Å². The Labute approximate surface area is 87.4 Å². The van der Waals surface area contributed by atoms with Gasteiger partial charge in [-0.15, -0.1) is 12.3 Å². The minimum Gasteiger partial charge on any atom is -0.287 e. The van der Waals surface area contributed by atoms with Crippen molar-refractivity contribution in [1.29, 1.82) is 0 Å². The highest BCUT2D eigenvalue weighted by molar-refractivity contribution is 5.77. The molecule has 0 saturated heterocycles. The maximum Gasteiger partial charge on any atom is 0.207 e. The van der Waals surface area contributed by atoms with Crippen molar-refractivity contribution in [1.82, 2.24) is 9.78 Å². The van der Waals surface area contributed by atoms with Crippen LogP contribution in [0.1, 0.15) is 6.42 Å². The van der Waals surface area contributed by atoms with Crippen molar-refractivity contribution in [3.8, 4) is 12.3 Å². The van der Waals surface area contributed by atoms with E-state index in [0.717, 1.165) is 5.52 Å². The van der Waals surface area contributed by atoms with Gasteiger partial charge >= 0.3 is 0 Å². The monoisotopic (exact) mass is 198 g/mol. The van der Waals surface area contributed by atoms with Crippen LogP contribution in [0.15, 0.2) is 35.3 Å². The van der Waals surface area contributed by atoms with Gasteiger partial charge in [-0.3, -0.25) is 9.48 Å². The first-order valence-electron chi connectivity index (χ1n) is 4.71. The number of benzene rings is 1. The molecule has 1 aromatic carbocycles. The molecule has 3 nitrogen and oxygen atoms in total. The first-order chi connectivity index (χ1) is 7.33. The van der Waals surface area contributed by atoms with Gasteiger partial charge < -0.3 is 0 Å². The van der Waals surface area contributed by atoms with Crippen LogP contribution < -0.4 is 5.43 Å². The number of aromatic nitrogens is 2. The second kappa shape index (κ2) is 3.97. The number of rotatable bonds is 2. The van der Waals surface area contributed by atoms with E-state index in [1.807, 2.05) is 18.2 Å². The molecule has 1 heterocycles. The van der Waals surface area contributed by atoms with Gasteiger partial charge in [0.05, 0.1) is 18.3 Å². The minimum atomic E-state index is -0.0532. The number of para-hydroxylation sites is 1. The van der Waals surface area contributed by atoms with E-state index >= 15 is 0 Å². The Bertz CT molecular complexity index is 578. The maximum absolute atomic E-state index is 11.5. The van der Waals surface area contributed by atoms with E-state index in [2.05, 4.69) is 11.0 Å². The van der Waals surface area contributed by atoms with Crippen LogP contribution in [-0.2, 0) is 6.54 Å². The summed E-state index contributed by atoms with van der Waals surface area (Å²) >= 11 is 0. The molecule has 0 atom stereocenters. The minimum absolute atomic E-state index is 0.0532. The third-order valence-corrected chi connectivity index (χ3v) is 2.23. The summed E-state index contributed by atoms with van der Waals surface area (Å²) in [4.78, 5) is 11.5. The Morgan fingerprint density at radius 2 is 2.20 bits per heavy atom. The largest absolute Gasteiger partial charge is 0.287 e. The number of hydrogen-bond acceptors (Lipinski definition) is 2. The normalized spacial score (nSPS) is 10.1. The zero-order chi connectivity index (χ0) is 10.7. The number of terminal acetylenes is 1. The van der Waals surface area contributed by atoms with Gasteiger partial charge in [0.25, 0.3) is 0 Å². The SMILES string of the molecule is C#CCCn1ncc(=O)c2ccccc21. The maximum atomic E-state index is 11.5. The summed E-state index contributed by atoms with van der Waals surface area (Å²) in [6.07, 6.45) is 7.14. The average Bonchev–Trinajstić information content (AvgIpc) is 2.29. The van der Waals surface area contributed by atoms with Crippen LogP contribution in [0, 0.1) is 12.3 Å². The van der Waals surface area contributed by atoms with Gasteiger partial charge in [0, 0.05) is 11.8 Å². The summed E-state index contributed by atoms with van der Waals surface area (Å²) in [6, 6.07) is 7.40. The van der Waals surface area contributed by atoms with Crippen molar-refractivity contribution in [3.05, 3.63) is 40.7 Å². The van der Waals surface area contributed by atoms with Crippen molar-refractivity contribution >= 4 is 10.9 Å². The molecule has 1 aromatic heterocycles. The highest BCUT2D eigenvalue weighted by Gasteiger charge is 2.01. The predicted molar refractivity (Wildman–Crippen MR) is 59.5 cm³/mol. The van der Waals surface area contributed by atoms with Crippen LogP contribution in [0.4, 0.5) is 0 Å². The van der Waals surface area contributed by atoms with Crippen LogP contribution in [-0.4, -0.2) is 9.78 Å². The molecule has 2 aromatic rings. The molecule has 0 fully saturated rings. The fraction of sp³-hybridized carbons (Fsp3) is 0.167. The zero-order valence-corrected chi connectivity index (χ0v) is 8.18. The Morgan fingerprint density at radius 3 is 3.00 bits per heavy atom. The standard InChI is InChI=1S/C12H10N2O/c1-2-3-8-14-11-7-5-4-6-10(11)12(15)9-13-14/h1,4-7,9H,3,8H2. The summed E-state index contributed by atoms with van der Waals surface area (Å²) in [5.74, 6) is 2.56. The summed E-state index contributed by atoms with van der Waals surface area (Å²) < 4.78 is 1.76. The van der Waals surface area contributed by atoms with Gasteiger partial charge in [-0.2, -0.15) is 5.10 Å². The molecule has 0 aliphatic rings.